The van der Waals surface area contributed by atoms with Gasteiger partial charge in [0.05, 0.1) is 25.1 Å². The van der Waals surface area contributed by atoms with E-state index >= 15 is 4.39 Å². The number of hydrogen-bond donors (Lipinski definition) is 0. The van der Waals surface area contributed by atoms with Crippen LogP contribution in [0.25, 0.3) is 10.8 Å². The number of methoxy groups -OCH3 is 2. The topological polar surface area (TPSA) is 77.0 Å². The van der Waals surface area contributed by atoms with Crippen LogP contribution in [0.5, 0.6) is 5.88 Å². The fourth-order valence-corrected chi connectivity index (χ4v) is 4.04. The third kappa shape index (κ3) is 4.68. The summed E-state index contributed by atoms with van der Waals surface area (Å²) in [5, 5.41) is 0.544. The molecule has 1 aliphatic heterocycles. The Morgan fingerprint density at radius 2 is 1.88 bits per heavy atom. The number of ether oxygens (including phenoxy) is 3. The molecule has 1 saturated heterocycles. The molecule has 2 aromatic rings. The van der Waals surface area contributed by atoms with Crippen molar-refractivity contribution in [2.24, 2.45) is 0 Å². The molecule has 0 spiro atoms. The number of piperazine rings is 1. The van der Waals surface area contributed by atoms with Crippen molar-refractivity contribution in [3.63, 3.8) is 0 Å². The molecule has 1 amide bonds. The highest BCUT2D eigenvalue weighted by atomic mass is 35.5. The molecule has 0 aliphatic carbocycles. The van der Waals surface area contributed by atoms with E-state index in [1.54, 1.807) is 18.9 Å². The SMILES string of the molecule is COCC1CN(c2nc(C)c(C)c3c(F)c(Cl)nc(OC)c23)CCN1C(=O)OC(C)(C)C. The van der Waals surface area contributed by atoms with E-state index in [1.165, 1.54) is 7.11 Å². The second kappa shape index (κ2) is 9.23. The molecule has 3 rings (SSSR count). The van der Waals surface area contributed by atoms with Gasteiger partial charge in [0.1, 0.15) is 11.4 Å². The summed E-state index contributed by atoms with van der Waals surface area (Å²) in [5.41, 5.74) is 0.742. The van der Waals surface area contributed by atoms with Crippen LogP contribution in [0.3, 0.4) is 0 Å². The Morgan fingerprint density at radius 1 is 1.19 bits per heavy atom. The van der Waals surface area contributed by atoms with Crippen LogP contribution in [-0.2, 0) is 9.47 Å². The molecule has 32 heavy (non-hydrogen) atoms. The maximum atomic E-state index is 15.0. The zero-order valence-electron chi connectivity index (χ0n) is 19.6. The smallest absolute Gasteiger partial charge is 0.410 e. The van der Waals surface area contributed by atoms with Gasteiger partial charge in [-0.2, -0.15) is 4.98 Å². The van der Waals surface area contributed by atoms with Gasteiger partial charge in [-0.05, 0) is 40.2 Å². The van der Waals surface area contributed by atoms with Gasteiger partial charge in [0.25, 0.3) is 0 Å². The average Bonchev–Trinajstić information content (AvgIpc) is 2.71. The molecule has 1 fully saturated rings. The van der Waals surface area contributed by atoms with Gasteiger partial charge in [0.2, 0.25) is 5.88 Å². The van der Waals surface area contributed by atoms with Gasteiger partial charge < -0.3 is 19.1 Å². The molecule has 0 bridgehead atoms. The van der Waals surface area contributed by atoms with E-state index < -0.39 is 17.5 Å². The van der Waals surface area contributed by atoms with E-state index in [1.807, 2.05) is 32.6 Å². The van der Waals surface area contributed by atoms with Gasteiger partial charge in [0.15, 0.2) is 11.0 Å². The highest BCUT2D eigenvalue weighted by molar-refractivity contribution is 6.30. The molecule has 10 heteroatoms. The summed E-state index contributed by atoms with van der Waals surface area (Å²) in [6.07, 6.45) is -0.394. The zero-order valence-corrected chi connectivity index (χ0v) is 20.3. The van der Waals surface area contributed by atoms with Gasteiger partial charge in [-0.3, -0.25) is 4.90 Å². The molecule has 0 N–H and O–H groups in total. The summed E-state index contributed by atoms with van der Waals surface area (Å²) in [6, 6.07) is -0.279. The summed E-state index contributed by atoms with van der Waals surface area (Å²) in [6.45, 7) is 10.7. The zero-order chi connectivity index (χ0) is 23.8. The highest BCUT2D eigenvalue weighted by Gasteiger charge is 2.35. The molecule has 0 saturated carbocycles. The minimum atomic E-state index is -0.604. The first-order valence-electron chi connectivity index (χ1n) is 10.4. The Hall–Kier alpha value is -2.39. The van der Waals surface area contributed by atoms with Crippen molar-refractivity contribution < 1.29 is 23.4 Å². The number of fused-ring (bicyclic) bond motifs is 1. The molecule has 2 aromatic heterocycles. The first-order chi connectivity index (χ1) is 15.0. The largest absolute Gasteiger partial charge is 0.480 e. The Balaban J connectivity index is 2.05. The lowest BCUT2D eigenvalue weighted by Gasteiger charge is -2.42. The predicted molar refractivity (Wildman–Crippen MR) is 121 cm³/mol. The quantitative estimate of drug-likeness (QED) is 0.624. The van der Waals surface area contributed by atoms with Crippen molar-refractivity contribution in [1.29, 1.82) is 0 Å². The van der Waals surface area contributed by atoms with E-state index in [4.69, 9.17) is 30.8 Å². The van der Waals surface area contributed by atoms with E-state index in [0.717, 1.165) is 0 Å². The Bertz CT molecular complexity index is 1020. The second-order valence-corrected chi connectivity index (χ2v) is 9.21. The fraction of sp³-hybridized carbons (Fsp3) is 0.591. The summed E-state index contributed by atoms with van der Waals surface area (Å²) in [4.78, 5) is 25.2. The molecule has 3 heterocycles. The lowest BCUT2D eigenvalue weighted by Crippen LogP contribution is -2.58. The molecular weight excluding hydrogens is 439 g/mol. The van der Waals surface area contributed by atoms with E-state index in [0.29, 0.717) is 54.1 Å². The van der Waals surface area contributed by atoms with Gasteiger partial charge in [-0.1, -0.05) is 11.6 Å². The number of hydrogen-bond acceptors (Lipinski definition) is 7. The third-order valence-corrected chi connectivity index (χ3v) is 5.69. The summed E-state index contributed by atoms with van der Waals surface area (Å²) in [7, 11) is 3.05. The van der Waals surface area contributed by atoms with Crippen molar-refractivity contribution in [3.8, 4) is 5.88 Å². The molecule has 1 atom stereocenters. The molecular formula is C22H30ClFN4O4. The van der Waals surface area contributed by atoms with Gasteiger partial charge in [-0.15, -0.1) is 0 Å². The van der Waals surface area contributed by atoms with Gasteiger partial charge >= 0.3 is 6.09 Å². The van der Waals surface area contributed by atoms with Crippen LogP contribution in [0.15, 0.2) is 0 Å². The number of rotatable bonds is 4. The van der Waals surface area contributed by atoms with Crippen molar-refractivity contribution in [2.45, 2.75) is 46.3 Å². The number of pyridine rings is 2. The van der Waals surface area contributed by atoms with E-state index in [9.17, 15) is 4.79 Å². The standard InChI is InChI=1S/C22H30ClFN4O4/c1-12-13(2)25-19(16-15(12)17(24)18(23)26-20(16)31-7)27-8-9-28(14(10-27)11-30-6)21(29)32-22(3,4)5/h14H,8-11H2,1-7H3. The lowest BCUT2D eigenvalue weighted by molar-refractivity contribution is 0.00339. The molecule has 1 unspecified atom stereocenters. The first-order valence-corrected chi connectivity index (χ1v) is 10.8. The normalized spacial score (nSPS) is 17.1. The highest BCUT2D eigenvalue weighted by Crippen LogP contribution is 2.39. The summed E-state index contributed by atoms with van der Waals surface area (Å²) < 4.78 is 31.4. The number of aromatic nitrogens is 2. The number of carbonyl (C=O) groups excluding carboxylic acids is 1. The van der Waals surface area contributed by atoms with Crippen molar-refractivity contribution in [1.82, 2.24) is 14.9 Å². The Morgan fingerprint density at radius 3 is 2.47 bits per heavy atom. The van der Waals surface area contributed by atoms with Crippen molar-refractivity contribution >= 4 is 34.3 Å². The van der Waals surface area contributed by atoms with Crippen molar-refractivity contribution in [2.75, 3.05) is 45.4 Å². The number of carbonyl (C=O) groups is 1. The minimum absolute atomic E-state index is 0.204. The number of anilines is 1. The van der Waals surface area contributed by atoms with E-state index in [-0.39, 0.29) is 17.1 Å². The molecule has 176 valence electrons. The third-order valence-electron chi connectivity index (χ3n) is 5.44. The van der Waals surface area contributed by atoms with Crippen LogP contribution in [0.1, 0.15) is 32.0 Å². The number of aryl methyl sites for hydroxylation is 2. The lowest BCUT2D eigenvalue weighted by atomic mass is 10.0. The van der Waals surface area contributed by atoms with Crippen LogP contribution in [0.2, 0.25) is 5.15 Å². The van der Waals surface area contributed by atoms with E-state index in [2.05, 4.69) is 4.98 Å². The number of nitrogens with zero attached hydrogens (tertiary/aromatic N) is 4. The molecule has 0 radical (unpaired) electrons. The second-order valence-electron chi connectivity index (χ2n) is 8.85. The molecule has 0 aromatic carbocycles. The Kier molecular flexibility index (Phi) is 7.00. The molecule has 8 nitrogen and oxygen atoms in total. The predicted octanol–water partition coefficient (Wildman–Crippen LogP) is 4.12. The summed E-state index contributed by atoms with van der Waals surface area (Å²) in [5.74, 6) is 0.135. The molecule has 1 aliphatic rings. The van der Waals surface area contributed by atoms with Crippen molar-refractivity contribution in [3.05, 3.63) is 22.2 Å². The average molecular weight is 469 g/mol. The van der Waals surface area contributed by atoms with Gasteiger partial charge in [0, 0.05) is 37.8 Å². The monoisotopic (exact) mass is 468 g/mol. The van der Waals surface area contributed by atoms with Crippen LogP contribution >= 0.6 is 11.6 Å². The maximum absolute atomic E-state index is 15.0. The number of halogens is 2. The maximum Gasteiger partial charge on any atom is 0.410 e. The van der Waals surface area contributed by atoms with Crippen LogP contribution in [0, 0.1) is 19.7 Å². The van der Waals surface area contributed by atoms with Crippen LogP contribution in [0.4, 0.5) is 15.0 Å². The summed E-state index contributed by atoms with van der Waals surface area (Å²) >= 11 is 6.03. The Labute approximate surface area is 192 Å². The van der Waals surface area contributed by atoms with Crippen LogP contribution < -0.4 is 9.64 Å². The van der Waals surface area contributed by atoms with Gasteiger partial charge in [-0.25, -0.2) is 14.2 Å². The fourth-order valence-electron chi connectivity index (χ4n) is 3.87. The van der Waals surface area contributed by atoms with Crippen LogP contribution in [-0.4, -0.2) is 73.1 Å². The number of amides is 1. The first kappa shape index (κ1) is 24.3. The minimum Gasteiger partial charge on any atom is -0.480 e.